The minimum atomic E-state index is -4.45. The summed E-state index contributed by atoms with van der Waals surface area (Å²) in [4.78, 5) is 2.09. The summed E-state index contributed by atoms with van der Waals surface area (Å²) in [7, 11) is 0. The molecule has 0 bridgehead atoms. The summed E-state index contributed by atoms with van der Waals surface area (Å²) >= 11 is 3.44. The Morgan fingerprint density at radius 3 is 2.60 bits per heavy atom. The highest BCUT2D eigenvalue weighted by molar-refractivity contribution is 9.10. The highest BCUT2D eigenvalue weighted by Gasteiger charge is 2.30. The molecular weight excluding hydrogens is 397 g/mol. The Hall–Kier alpha value is -2.20. The van der Waals surface area contributed by atoms with Gasteiger partial charge >= 0.3 is 6.18 Å². The summed E-state index contributed by atoms with van der Waals surface area (Å²) in [5.41, 5.74) is -0.475. The van der Waals surface area contributed by atoms with E-state index in [1.165, 1.54) is 18.2 Å². The molecule has 0 amide bonds. The summed E-state index contributed by atoms with van der Waals surface area (Å²) in [5, 5.41) is 9.36. The third-order valence-corrected chi connectivity index (χ3v) is 4.56. The summed E-state index contributed by atoms with van der Waals surface area (Å²) in [6.07, 6.45) is -0.814. The molecule has 3 nitrogen and oxygen atoms in total. The Morgan fingerprint density at radius 1 is 1.24 bits per heavy atom. The van der Waals surface area contributed by atoms with Crippen LogP contribution in [0, 0.1) is 11.3 Å². The van der Waals surface area contributed by atoms with Crippen LogP contribution in [0.25, 0.3) is 11.6 Å². The van der Waals surface area contributed by atoms with Crippen molar-refractivity contribution >= 4 is 33.5 Å². The smallest absolute Gasteiger partial charge is 0.416 e. The molecule has 1 aromatic heterocycles. The minimum Gasteiger partial charge on any atom is -0.440 e. The highest BCUT2D eigenvalue weighted by atomic mass is 79.9. The van der Waals surface area contributed by atoms with Gasteiger partial charge in [0.2, 0.25) is 5.88 Å². The predicted molar refractivity (Wildman–Crippen MR) is 92.8 cm³/mol. The standard InChI is InChI=1S/C18H14BrF3N2O/c19-16-10-15(25-17(16)24-6-1-2-7-24)9-13(11-23)12-4-3-5-14(8-12)18(20,21)22/h3-5,8-10H,1-2,6-7H2/b13-9-. The molecule has 1 aliphatic rings. The second kappa shape index (κ2) is 6.96. The van der Waals surface area contributed by atoms with E-state index in [9.17, 15) is 18.4 Å². The lowest BCUT2D eigenvalue weighted by atomic mass is 10.0. The molecular formula is C18H14BrF3N2O. The van der Waals surface area contributed by atoms with E-state index in [0.29, 0.717) is 11.6 Å². The average Bonchev–Trinajstić information content (AvgIpc) is 3.21. The quantitative estimate of drug-likeness (QED) is 0.606. The number of hydrogen-bond donors (Lipinski definition) is 0. The second-order valence-electron chi connectivity index (χ2n) is 5.74. The number of alkyl halides is 3. The van der Waals surface area contributed by atoms with Gasteiger partial charge in [-0.15, -0.1) is 0 Å². The first kappa shape index (κ1) is 17.6. The highest BCUT2D eigenvalue weighted by Crippen LogP contribution is 2.35. The number of halogens is 4. The number of benzene rings is 1. The van der Waals surface area contributed by atoms with E-state index in [0.717, 1.165) is 42.5 Å². The second-order valence-corrected chi connectivity index (χ2v) is 6.60. The van der Waals surface area contributed by atoms with Crippen LogP contribution in [-0.4, -0.2) is 13.1 Å². The van der Waals surface area contributed by atoms with Gasteiger partial charge in [-0.05, 0) is 52.5 Å². The maximum absolute atomic E-state index is 12.9. The molecule has 0 aliphatic carbocycles. The van der Waals surface area contributed by atoms with Crippen LogP contribution < -0.4 is 4.90 Å². The number of anilines is 1. The van der Waals surface area contributed by atoms with Gasteiger partial charge in [-0.25, -0.2) is 0 Å². The van der Waals surface area contributed by atoms with Crippen molar-refractivity contribution in [1.82, 2.24) is 0 Å². The van der Waals surface area contributed by atoms with Crippen LogP contribution in [0.15, 0.2) is 39.2 Å². The van der Waals surface area contributed by atoms with Crippen molar-refractivity contribution in [2.24, 2.45) is 0 Å². The van der Waals surface area contributed by atoms with Gasteiger partial charge in [-0.1, -0.05) is 12.1 Å². The van der Waals surface area contributed by atoms with Gasteiger partial charge in [-0.3, -0.25) is 0 Å². The van der Waals surface area contributed by atoms with Crippen LogP contribution in [-0.2, 0) is 6.18 Å². The predicted octanol–water partition coefficient (Wildman–Crippen LogP) is 5.73. The topological polar surface area (TPSA) is 40.2 Å². The number of allylic oxidation sites excluding steroid dienone is 1. The Balaban J connectivity index is 1.94. The molecule has 0 saturated carbocycles. The first-order valence-electron chi connectivity index (χ1n) is 7.72. The van der Waals surface area contributed by atoms with E-state index >= 15 is 0 Å². The lowest BCUT2D eigenvalue weighted by Gasteiger charge is -2.13. The van der Waals surface area contributed by atoms with E-state index in [4.69, 9.17) is 4.42 Å². The van der Waals surface area contributed by atoms with Crippen LogP contribution in [0.1, 0.15) is 29.7 Å². The third-order valence-electron chi connectivity index (χ3n) is 3.99. The van der Waals surface area contributed by atoms with E-state index in [-0.39, 0.29) is 11.1 Å². The molecule has 2 heterocycles. The number of nitriles is 1. The maximum Gasteiger partial charge on any atom is 0.416 e. The van der Waals surface area contributed by atoms with Crippen molar-refractivity contribution in [3.05, 3.63) is 51.7 Å². The van der Waals surface area contributed by atoms with Gasteiger partial charge in [-0.2, -0.15) is 18.4 Å². The summed E-state index contributed by atoms with van der Waals surface area (Å²) in [5.74, 6) is 1.10. The molecule has 3 rings (SSSR count). The molecule has 7 heteroatoms. The van der Waals surface area contributed by atoms with E-state index < -0.39 is 11.7 Å². The molecule has 0 radical (unpaired) electrons. The Kier molecular flexibility index (Phi) is 4.91. The molecule has 2 aromatic rings. The van der Waals surface area contributed by atoms with Crippen LogP contribution >= 0.6 is 15.9 Å². The van der Waals surface area contributed by atoms with Crippen LogP contribution in [0.4, 0.5) is 19.1 Å². The molecule has 0 N–H and O–H groups in total. The molecule has 0 spiro atoms. The van der Waals surface area contributed by atoms with E-state index in [1.54, 1.807) is 6.07 Å². The molecule has 130 valence electrons. The van der Waals surface area contributed by atoms with Crippen molar-refractivity contribution in [2.75, 3.05) is 18.0 Å². The SMILES string of the molecule is N#C/C(=C/c1cc(Br)c(N2CCCC2)o1)c1cccc(C(F)(F)F)c1. The molecule has 0 atom stereocenters. The lowest BCUT2D eigenvalue weighted by Crippen LogP contribution is -2.17. The average molecular weight is 411 g/mol. The normalized spacial score (nSPS) is 15.5. The zero-order valence-corrected chi connectivity index (χ0v) is 14.7. The Morgan fingerprint density at radius 2 is 1.96 bits per heavy atom. The van der Waals surface area contributed by atoms with Crippen molar-refractivity contribution in [3.8, 4) is 6.07 Å². The summed E-state index contributed by atoms with van der Waals surface area (Å²) in [6, 6.07) is 8.38. The number of rotatable bonds is 3. The fourth-order valence-corrected chi connectivity index (χ4v) is 3.33. The van der Waals surface area contributed by atoms with Gasteiger partial charge in [0.15, 0.2) is 0 Å². The van der Waals surface area contributed by atoms with Crippen LogP contribution in [0.5, 0.6) is 0 Å². The van der Waals surface area contributed by atoms with Crippen molar-refractivity contribution < 1.29 is 17.6 Å². The van der Waals surface area contributed by atoms with Crippen molar-refractivity contribution in [3.63, 3.8) is 0 Å². The summed E-state index contributed by atoms with van der Waals surface area (Å²) < 4.78 is 45.1. The molecule has 1 saturated heterocycles. The van der Waals surface area contributed by atoms with Crippen LogP contribution in [0.2, 0.25) is 0 Å². The minimum absolute atomic E-state index is 0.111. The Labute approximate surface area is 151 Å². The van der Waals surface area contributed by atoms with E-state index in [1.807, 2.05) is 6.07 Å². The zero-order valence-electron chi connectivity index (χ0n) is 13.1. The first-order chi connectivity index (χ1) is 11.9. The lowest BCUT2D eigenvalue weighted by molar-refractivity contribution is -0.137. The fourth-order valence-electron chi connectivity index (χ4n) is 2.77. The van der Waals surface area contributed by atoms with Crippen LogP contribution in [0.3, 0.4) is 0 Å². The van der Waals surface area contributed by atoms with Gasteiger partial charge in [0.25, 0.3) is 0 Å². The fraction of sp³-hybridized carbons (Fsp3) is 0.278. The zero-order chi connectivity index (χ0) is 18.0. The number of hydrogen-bond acceptors (Lipinski definition) is 3. The molecule has 1 aromatic carbocycles. The van der Waals surface area contributed by atoms with Gasteiger partial charge in [0, 0.05) is 19.2 Å². The maximum atomic E-state index is 12.9. The van der Waals surface area contributed by atoms with Gasteiger partial charge in [0.05, 0.1) is 21.7 Å². The first-order valence-corrected chi connectivity index (χ1v) is 8.51. The third kappa shape index (κ3) is 3.90. The molecule has 25 heavy (non-hydrogen) atoms. The molecule has 0 unspecified atom stereocenters. The summed E-state index contributed by atoms with van der Waals surface area (Å²) in [6.45, 7) is 1.79. The van der Waals surface area contributed by atoms with Gasteiger partial charge < -0.3 is 9.32 Å². The number of nitrogens with zero attached hydrogens (tertiary/aromatic N) is 2. The van der Waals surface area contributed by atoms with Crippen molar-refractivity contribution in [1.29, 1.82) is 5.26 Å². The number of furan rings is 1. The van der Waals surface area contributed by atoms with Gasteiger partial charge in [0.1, 0.15) is 5.76 Å². The monoisotopic (exact) mass is 410 g/mol. The molecule has 1 aliphatic heterocycles. The largest absolute Gasteiger partial charge is 0.440 e. The van der Waals surface area contributed by atoms with E-state index in [2.05, 4.69) is 20.8 Å². The van der Waals surface area contributed by atoms with Crippen molar-refractivity contribution in [2.45, 2.75) is 19.0 Å². The Bertz CT molecular complexity index is 843. The molecule has 1 fully saturated rings.